The van der Waals surface area contributed by atoms with E-state index in [1.54, 1.807) is 11.8 Å². The molecule has 1 aromatic heterocycles. The van der Waals surface area contributed by atoms with Gasteiger partial charge in [0.25, 0.3) is 0 Å². The third kappa shape index (κ3) is 3.59. The molecule has 0 aromatic carbocycles. The molecule has 2 atom stereocenters. The van der Waals surface area contributed by atoms with Crippen LogP contribution in [0.15, 0.2) is 4.52 Å². The third-order valence-corrected chi connectivity index (χ3v) is 3.93. The van der Waals surface area contributed by atoms with Crippen LogP contribution in [0.25, 0.3) is 0 Å². The zero-order valence-electron chi connectivity index (χ0n) is 12.4. The molecule has 21 heavy (non-hydrogen) atoms. The highest BCUT2D eigenvalue weighted by Crippen LogP contribution is 2.25. The van der Waals surface area contributed by atoms with Gasteiger partial charge in [-0.1, -0.05) is 12.1 Å². The first-order chi connectivity index (χ1) is 10.0. The van der Waals surface area contributed by atoms with Crippen LogP contribution in [0.5, 0.6) is 0 Å². The molecule has 0 aliphatic carbocycles. The molecule has 1 N–H and O–H groups in total. The molecule has 7 heteroatoms. The van der Waals surface area contributed by atoms with Crippen LogP contribution in [-0.2, 0) is 22.4 Å². The molecular formula is C14H21N3O4. The number of carboxylic acids is 1. The molecule has 1 aliphatic heterocycles. The Morgan fingerprint density at radius 3 is 2.81 bits per heavy atom. The highest BCUT2D eigenvalue weighted by Gasteiger charge is 2.37. The van der Waals surface area contributed by atoms with Gasteiger partial charge in [-0.3, -0.25) is 9.59 Å². The maximum absolute atomic E-state index is 12.2. The average molecular weight is 295 g/mol. The first-order valence-corrected chi connectivity index (χ1v) is 7.36. The minimum atomic E-state index is -0.834. The quantitative estimate of drug-likeness (QED) is 0.849. The molecule has 1 saturated heterocycles. The van der Waals surface area contributed by atoms with Gasteiger partial charge in [-0.05, 0) is 19.8 Å². The number of carbonyl (C=O) groups excluding carboxylic acids is 1. The second-order valence-electron chi connectivity index (χ2n) is 5.42. The van der Waals surface area contributed by atoms with E-state index in [0.29, 0.717) is 31.1 Å². The predicted octanol–water partition coefficient (Wildman–Crippen LogP) is 1.28. The summed E-state index contributed by atoms with van der Waals surface area (Å²) >= 11 is 0. The van der Waals surface area contributed by atoms with Gasteiger partial charge in [0, 0.05) is 31.8 Å². The zero-order chi connectivity index (χ0) is 15.4. The summed E-state index contributed by atoms with van der Waals surface area (Å²) < 4.78 is 5.09. The Bertz CT molecular complexity index is 514. The van der Waals surface area contributed by atoms with Crippen LogP contribution in [0.2, 0.25) is 0 Å². The number of nitrogens with zero attached hydrogens (tertiary/aromatic N) is 3. The molecule has 0 radical (unpaired) electrons. The Labute approximate surface area is 123 Å². The number of hydrogen-bond donors (Lipinski definition) is 1. The number of carboxylic acid groups (broad SMARTS) is 1. The van der Waals surface area contributed by atoms with Crippen molar-refractivity contribution in [3.05, 3.63) is 11.7 Å². The van der Waals surface area contributed by atoms with Gasteiger partial charge in [0.2, 0.25) is 11.8 Å². The van der Waals surface area contributed by atoms with Crippen LogP contribution >= 0.6 is 0 Å². The van der Waals surface area contributed by atoms with Crippen molar-refractivity contribution in [1.29, 1.82) is 0 Å². The largest absolute Gasteiger partial charge is 0.481 e. The number of aryl methyl sites for hydroxylation is 2. The topological polar surface area (TPSA) is 96.5 Å². The van der Waals surface area contributed by atoms with E-state index in [0.717, 1.165) is 12.8 Å². The van der Waals surface area contributed by atoms with Crippen LogP contribution in [-0.4, -0.2) is 44.6 Å². The SMILES string of the molecule is CCCc1noc(CCC(=O)N2CCC(C(=O)O)C2C)n1. The average Bonchev–Trinajstić information content (AvgIpc) is 3.03. The summed E-state index contributed by atoms with van der Waals surface area (Å²) in [5, 5.41) is 12.9. The highest BCUT2D eigenvalue weighted by molar-refractivity contribution is 5.79. The van der Waals surface area contributed by atoms with Crippen LogP contribution in [0, 0.1) is 5.92 Å². The standard InChI is InChI=1S/C14H21N3O4/c1-3-4-11-15-12(21-16-11)5-6-13(18)17-8-7-10(9(17)2)14(19)20/h9-10H,3-8H2,1-2H3,(H,19,20). The van der Waals surface area contributed by atoms with E-state index in [2.05, 4.69) is 10.1 Å². The molecule has 0 bridgehead atoms. The van der Waals surface area contributed by atoms with E-state index in [4.69, 9.17) is 9.63 Å². The van der Waals surface area contributed by atoms with Crippen LogP contribution < -0.4 is 0 Å². The van der Waals surface area contributed by atoms with Crippen molar-refractivity contribution in [3.63, 3.8) is 0 Å². The fourth-order valence-electron chi connectivity index (χ4n) is 2.70. The lowest BCUT2D eigenvalue weighted by atomic mass is 10.0. The number of hydrogen-bond acceptors (Lipinski definition) is 5. The minimum Gasteiger partial charge on any atom is -0.481 e. The van der Waals surface area contributed by atoms with Crippen LogP contribution in [0.4, 0.5) is 0 Å². The lowest BCUT2D eigenvalue weighted by Gasteiger charge is -2.23. The summed E-state index contributed by atoms with van der Waals surface area (Å²) in [6.45, 7) is 4.32. The van der Waals surface area contributed by atoms with Gasteiger partial charge in [0.1, 0.15) is 0 Å². The summed E-state index contributed by atoms with van der Waals surface area (Å²) in [5.41, 5.74) is 0. The maximum Gasteiger partial charge on any atom is 0.308 e. The molecule has 7 nitrogen and oxygen atoms in total. The first-order valence-electron chi connectivity index (χ1n) is 7.36. The van der Waals surface area contributed by atoms with Crippen molar-refractivity contribution in [3.8, 4) is 0 Å². The fourth-order valence-corrected chi connectivity index (χ4v) is 2.70. The molecular weight excluding hydrogens is 274 g/mol. The molecule has 1 fully saturated rings. The lowest BCUT2D eigenvalue weighted by molar-refractivity contribution is -0.143. The predicted molar refractivity (Wildman–Crippen MR) is 73.5 cm³/mol. The summed E-state index contributed by atoms with van der Waals surface area (Å²) in [4.78, 5) is 29.1. The monoisotopic (exact) mass is 295 g/mol. The normalized spacial score (nSPS) is 21.7. The minimum absolute atomic E-state index is 0.0542. The van der Waals surface area contributed by atoms with E-state index < -0.39 is 11.9 Å². The molecule has 1 aromatic rings. The fraction of sp³-hybridized carbons (Fsp3) is 0.714. The number of rotatable bonds is 6. The Morgan fingerprint density at radius 2 is 2.19 bits per heavy atom. The number of aromatic nitrogens is 2. The second-order valence-corrected chi connectivity index (χ2v) is 5.42. The van der Waals surface area contributed by atoms with Crippen molar-refractivity contribution in [1.82, 2.24) is 15.0 Å². The van der Waals surface area contributed by atoms with Gasteiger partial charge < -0.3 is 14.5 Å². The first kappa shape index (κ1) is 15.5. The van der Waals surface area contributed by atoms with E-state index >= 15 is 0 Å². The van der Waals surface area contributed by atoms with Crippen molar-refractivity contribution in [2.75, 3.05) is 6.54 Å². The van der Waals surface area contributed by atoms with Crippen molar-refractivity contribution in [2.24, 2.45) is 5.92 Å². The van der Waals surface area contributed by atoms with Gasteiger partial charge in [0.05, 0.1) is 5.92 Å². The van der Waals surface area contributed by atoms with Crippen LogP contribution in [0.1, 0.15) is 44.8 Å². The lowest BCUT2D eigenvalue weighted by Crippen LogP contribution is -2.37. The van der Waals surface area contributed by atoms with Crippen molar-refractivity contribution >= 4 is 11.9 Å². The molecule has 1 amide bonds. The van der Waals surface area contributed by atoms with E-state index in [1.165, 1.54) is 0 Å². The van der Waals surface area contributed by atoms with Crippen LogP contribution in [0.3, 0.4) is 0 Å². The van der Waals surface area contributed by atoms with Gasteiger partial charge in [-0.25, -0.2) is 0 Å². The summed E-state index contributed by atoms with van der Waals surface area (Å²) in [7, 11) is 0. The van der Waals surface area contributed by atoms with E-state index in [1.807, 2.05) is 6.92 Å². The number of likely N-dealkylation sites (tertiary alicyclic amines) is 1. The molecule has 2 unspecified atom stereocenters. The summed E-state index contributed by atoms with van der Waals surface area (Å²) in [6.07, 6.45) is 2.89. The summed E-state index contributed by atoms with van der Waals surface area (Å²) in [5.74, 6) is -0.220. The number of aliphatic carboxylic acids is 1. The van der Waals surface area contributed by atoms with E-state index in [-0.39, 0.29) is 18.4 Å². The van der Waals surface area contributed by atoms with Gasteiger partial charge in [-0.15, -0.1) is 0 Å². The smallest absolute Gasteiger partial charge is 0.308 e. The van der Waals surface area contributed by atoms with Crippen molar-refractivity contribution < 1.29 is 19.2 Å². The Morgan fingerprint density at radius 1 is 1.43 bits per heavy atom. The zero-order valence-corrected chi connectivity index (χ0v) is 12.4. The molecule has 2 rings (SSSR count). The second kappa shape index (κ2) is 6.69. The molecule has 0 spiro atoms. The Balaban J connectivity index is 1.85. The number of carbonyl (C=O) groups is 2. The third-order valence-electron chi connectivity index (χ3n) is 3.93. The molecule has 1 aliphatic rings. The maximum atomic E-state index is 12.2. The Hall–Kier alpha value is -1.92. The molecule has 116 valence electrons. The Kier molecular flexibility index (Phi) is 4.93. The molecule has 2 heterocycles. The van der Waals surface area contributed by atoms with E-state index in [9.17, 15) is 9.59 Å². The highest BCUT2D eigenvalue weighted by atomic mass is 16.5. The van der Waals surface area contributed by atoms with Crippen molar-refractivity contribution in [2.45, 2.75) is 52.0 Å². The summed E-state index contributed by atoms with van der Waals surface area (Å²) in [6, 6.07) is -0.256. The van der Waals surface area contributed by atoms with Gasteiger partial charge in [0.15, 0.2) is 5.82 Å². The molecule has 0 saturated carbocycles. The van der Waals surface area contributed by atoms with Gasteiger partial charge >= 0.3 is 5.97 Å². The number of amides is 1. The van der Waals surface area contributed by atoms with Gasteiger partial charge in [-0.2, -0.15) is 4.98 Å².